The molecule has 120 valence electrons. The first-order valence-corrected chi connectivity index (χ1v) is 9.29. The van der Waals surface area contributed by atoms with Crippen LogP contribution in [0.4, 0.5) is 5.82 Å². The first-order chi connectivity index (χ1) is 11.1. The molecule has 3 aromatic rings. The highest BCUT2D eigenvalue weighted by atomic mass is 32.2. The van der Waals surface area contributed by atoms with Crippen molar-refractivity contribution in [2.45, 2.75) is 23.7 Å². The largest absolute Gasteiger partial charge is 0.508 e. The third-order valence-corrected chi connectivity index (χ3v) is 5.82. The lowest BCUT2D eigenvalue weighted by Crippen LogP contribution is -2.31. The Labute approximate surface area is 143 Å². The molecule has 23 heavy (non-hydrogen) atoms. The number of hydrogen-bond acceptors (Lipinski definition) is 7. The number of aromatic hydroxyl groups is 1. The van der Waals surface area contributed by atoms with Crippen LogP contribution in [0, 0.1) is 0 Å². The molecule has 0 saturated carbocycles. The summed E-state index contributed by atoms with van der Waals surface area (Å²) in [5, 5.41) is 9.39. The Kier molecular flexibility index (Phi) is 4.68. The van der Waals surface area contributed by atoms with Crippen molar-refractivity contribution in [2.24, 2.45) is 0 Å². The molecule has 0 amide bonds. The molecule has 0 aliphatic carbocycles. The molecule has 1 atom stereocenters. The van der Waals surface area contributed by atoms with Crippen molar-refractivity contribution < 1.29 is 5.11 Å². The molecule has 0 fully saturated rings. The first kappa shape index (κ1) is 16.0. The van der Waals surface area contributed by atoms with Gasteiger partial charge in [0.05, 0.1) is 0 Å². The van der Waals surface area contributed by atoms with Gasteiger partial charge < -0.3 is 10.0 Å². The number of thiazole rings is 1. The lowest BCUT2D eigenvalue weighted by Gasteiger charge is -2.26. The summed E-state index contributed by atoms with van der Waals surface area (Å²) in [6, 6.07) is 7.61. The molecule has 7 heteroatoms. The standard InChI is InChI=1S/C16H18N4OS2/c1-10(8-11-4-6-12(21)7-5-11)20(2)15-13-14(17-9-18-15)19-16(22-3)23-13/h4-7,9-10,21H,8H2,1-3H3. The fourth-order valence-electron chi connectivity index (χ4n) is 2.38. The van der Waals surface area contributed by atoms with Gasteiger partial charge in [-0.1, -0.05) is 23.9 Å². The molecular weight excluding hydrogens is 328 g/mol. The van der Waals surface area contributed by atoms with Gasteiger partial charge in [0.15, 0.2) is 15.8 Å². The van der Waals surface area contributed by atoms with Crippen molar-refractivity contribution in [3.8, 4) is 5.75 Å². The number of aromatic nitrogens is 3. The van der Waals surface area contributed by atoms with Crippen LogP contribution in [0.3, 0.4) is 0 Å². The maximum Gasteiger partial charge on any atom is 0.176 e. The smallest absolute Gasteiger partial charge is 0.176 e. The van der Waals surface area contributed by atoms with Crippen molar-refractivity contribution in [3.05, 3.63) is 36.2 Å². The summed E-state index contributed by atoms with van der Waals surface area (Å²) < 4.78 is 2.03. The number of anilines is 1. The Bertz CT molecular complexity index is 803. The SMILES string of the molecule is CSc1nc2ncnc(N(C)C(C)Cc3ccc(O)cc3)c2s1. The molecule has 0 radical (unpaired) electrons. The van der Waals surface area contributed by atoms with Gasteiger partial charge in [-0.05, 0) is 37.3 Å². The fraction of sp³-hybridized carbons (Fsp3) is 0.312. The van der Waals surface area contributed by atoms with Crippen LogP contribution in [0.5, 0.6) is 5.75 Å². The van der Waals surface area contributed by atoms with E-state index in [1.54, 1.807) is 41.6 Å². The molecule has 1 N–H and O–H groups in total. The number of thioether (sulfide) groups is 1. The Morgan fingerprint density at radius 1 is 1.26 bits per heavy atom. The molecule has 1 aromatic carbocycles. The lowest BCUT2D eigenvalue weighted by atomic mass is 10.1. The number of nitrogens with zero attached hydrogens (tertiary/aromatic N) is 4. The summed E-state index contributed by atoms with van der Waals surface area (Å²) >= 11 is 3.25. The average Bonchev–Trinajstić information content (AvgIpc) is 2.99. The second kappa shape index (κ2) is 6.72. The van der Waals surface area contributed by atoms with Crippen LogP contribution in [0.2, 0.25) is 0 Å². The zero-order valence-electron chi connectivity index (χ0n) is 13.2. The van der Waals surface area contributed by atoms with Gasteiger partial charge in [-0.2, -0.15) is 0 Å². The highest BCUT2D eigenvalue weighted by Gasteiger charge is 2.18. The van der Waals surface area contributed by atoms with Crippen molar-refractivity contribution >= 4 is 39.3 Å². The van der Waals surface area contributed by atoms with Gasteiger partial charge in [-0.15, -0.1) is 11.3 Å². The highest BCUT2D eigenvalue weighted by Crippen LogP contribution is 2.33. The van der Waals surface area contributed by atoms with Crippen molar-refractivity contribution in [1.82, 2.24) is 15.0 Å². The number of phenolic OH excluding ortho intramolecular Hbond substituents is 1. The Hall–Kier alpha value is -1.86. The third kappa shape index (κ3) is 3.40. The quantitative estimate of drug-likeness (QED) is 0.713. The van der Waals surface area contributed by atoms with Gasteiger partial charge in [0.2, 0.25) is 0 Å². The van der Waals surface area contributed by atoms with Crippen LogP contribution in [-0.2, 0) is 6.42 Å². The van der Waals surface area contributed by atoms with Gasteiger partial charge in [-0.3, -0.25) is 0 Å². The van der Waals surface area contributed by atoms with E-state index in [0.717, 1.165) is 26.9 Å². The molecule has 0 saturated heterocycles. The molecular formula is C16H18N4OS2. The Morgan fingerprint density at radius 3 is 2.70 bits per heavy atom. The number of rotatable bonds is 5. The lowest BCUT2D eigenvalue weighted by molar-refractivity contribution is 0.475. The van der Waals surface area contributed by atoms with Crippen molar-refractivity contribution in [3.63, 3.8) is 0 Å². The van der Waals surface area contributed by atoms with Crippen LogP contribution < -0.4 is 4.90 Å². The van der Waals surface area contributed by atoms with Crippen molar-refractivity contribution in [2.75, 3.05) is 18.2 Å². The van der Waals surface area contributed by atoms with E-state index >= 15 is 0 Å². The summed E-state index contributed by atoms with van der Waals surface area (Å²) in [6.45, 7) is 2.16. The fourth-order valence-corrected chi connectivity index (χ4v) is 3.93. The second-order valence-corrected chi connectivity index (χ2v) is 7.42. The molecule has 0 aliphatic heterocycles. The van der Waals surface area contributed by atoms with Gasteiger partial charge in [0.1, 0.15) is 16.8 Å². The molecule has 1 unspecified atom stereocenters. The van der Waals surface area contributed by atoms with Gasteiger partial charge in [-0.25, -0.2) is 15.0 Å². The molecule has 2 heterocycles. The monoisotopic (exact) mass is 346 g/mol. The van der Waals surface area contributed by atoms with E-state index in [1.165, 1.54) is 5.56 Å². The second-order valence-electron chi connectivity index (χ2n) is 5.36. The summed E-state index contributed by atoms with van der Waals surface area (Å²) in [7, 11) is 2.05. The minimum absolute atomic E-state index is 0.262. The Morgan fingerprint density at radius 2 is 2.00 bits per heavy atom. The molecule has 2 aromatic heterocycles. The maximum absolute atomic E-state index is 9.39. The molecule has 5 nitrogen and oxygen atoms in total. The van der Waals surface area contributed by atoms with E-state index in [4.69, 9.17) is 0 Å². The van der Waals surface area contributed by atoms with E-state index in [2.05, 4.69) is 26.8 Å². The summed E-state index contributed by atoms with van der Waals surface area (Å²) in [4.78, 5) is 15.4. The predicted octanol–water partition coefficient (Wildman–Crippen LogP) is 3.58. The molecule has 0 spiro atoms. The summed E-state index contributed by atoms with van der Waals surface area (Å²) in [6.07, 6.45) is 4.46. The summed E-state index contributed by atoms with van der Waals surface area (Å²) in [5.74, 6) is 1.21. The van der Waals surface area contributed by atoms with Gasteiger partial charge >= 0.3 is 0 Å². The van der Waals surface area contributed by atoms with Crippen LogP contribution in [-0.4, -0.2) is 39.4 Å². The van der Waals surface area contributed by atoms with E-state index in [9.17, 15) is 5.11 Å². The molecule has 3 rings (SSSR count). The zero-order chi connectivity index (χ0) is 16.4. The molecule has 0 bridgehead atoms. The zero-order valence-corrected chi connectivity index (χ0v) is 14.9. The van der Waals surface area contributed by atoms with Crippen LogP contribution in [0.15, 0.2) is 34.9 Å². The van der Waals surface area contributed by atoms with Gasteiger partial charge in [0, 0.05) is 13.1 Å². The predicted molar refractivity (Wildman–Crippen MR) is 96.7 cm³/mol. The number of benzene rings is 1. The normalized spacial score (nSPS) is 12.5. The van der Waals surface area contributed by atoms with Crippen LogP contribution >= 0.6 is 23.1 Å². The van der Waals surface area contributed by atoms with E-state index in [0.29, 0.717) is 5.75 Å². The van der Waals surface area contributed by atoms with Crippen molar-refractivity contribution in [1.29, 1.82) is 0 Å². The van der Waals surface area contributed by atoms with E-state index < -0.39 is 0 Å². The number of likely N-dealkylation sites (N-methyl/N-ethyl adjacent to an activating group) is 1. The van der Waals surface area contributed by atoms with Gasteiger partial charge in [0.25, 0.3) is 0 Å². The Balaban J connectivity index is 1.85. The first-order valence-electron chi connectivity index (χ1n) is 7.24. The van der Waals surface area contributed by atoms with Crippen LogP contribution in [0.25, 0.3) is 10.3 Å². The molecule has 0 aliphatic rings. The van der Waals surface area contributed by atoms with E-state index in [1.807, 2.05) is 25.4 Å². The highest BCUT2D eigenvalue weighted by molar-refractivity contribution is 8.00. The maximum atomic E-state index is 9.39. The van der Waals surface area contributed by atoms with E-state index in [-0.39, 0.29) is 6.04 Å². The summed E-state index contributed by atoms with van der Waals surface area (Å²) in [5.41, 5.74) is 1.94. The topological polar surface area (TPSA) is 62.1 Å². The van der Waals surface area contributed by atoms with Crippen LogP contribution in [0.1, 0.15) is 12.5 Å². The number of fused-ring (bicyclic) bond motifs is 1. The number of phenols is 1. The third-order valence-electron chi connectivity index (χ3n) is 3.79. The minimum Gasteiger partial charge on any atom is -0.508 e. The average molecular weight is 346 g/mol. The number of hydrogen-bond donors (Lipinski definition) is 1. The minimum atomic E-state index is 0.262.